The largest absolute Gasteiger partial charge is 0.446 e. The van der Waals surface area contributed by atoms with Crippen LogP contribution >= 0.6 is 0 Å². The zero-order valence-electron chi connectivity index (χ0n) is 6.26. The molecule has 1 aliphatic rings. The van der Waals surface area contributed by atoms with E-state index in [1.54, 1.807) is 6.92 Å². The summed E-state index contributed by atoms with van der Waals surface area (Å²) in [4.78, 5) is 10.6. The fourth-order valence-corrected chi connectivity index (χ4v) is 1.11. The molecule has 0 saturated carbocycles. The van der Waals surface area contributed by atoms with Gasteiger partial charge in [0, 0.05) is 0 Å². The lowest BCUT2D eigenvalue weighted by atomic mass is 9.95. The van der Waals surface area contributed by atoms with Crippen molar-refractivity contribution >= 4 is 5.97 Å². The number of carbonyl (C=O) groups excluding carboxylic acids is 1. The van der Waals surface area contributed by atoms with Crippen LogP contribution in [0.4, 0.5) is 4.39 Å². The van der Waals surface area contributed by atoms with Crippen LogP contribution in [0.25, 0.3) is 0 Å². The standard InChI is InChI=1S/C8H9FO2/c1-3-6-8(9,4-2)5-7(10)11-6/h1,6H,4-5H2,2H3. The van der Waals surface area contributed by atoms with E-state index in [9.17, 15) is 9.18 Å². The molecule has 3 heteroatoms. The Balaban J connectivity index is 2.81. The normalized spacial score (nSPS) is 36.5. The van der Waals surface area contributed by atoms with Gasteiger partial charge in [0.2, 0.25) is 0 Å². The second kappa shape index (κ2) is 2.54. The van der Waals surface area contributed by atoms with Gasteiger partial charge in [-0.25, -0.2) is 4.39 Å². The Morgan fingerprint density at radius 3 is 3.00 bits per heavy atom. The molecular formula is C8H9FO2. The number of cyclic esters (lactones) is 1. The van der Waals surface area contributed by atoms with Crippen molar-refractivity contribution < 1.29 is 13.9 Å². The van der Waals surface area contributed by atoms with Crippen LogP contribution in [0.3, 0.4) is 0 Å². The number of alkyl halides is 1. The fourth-order valence-electron chi connectivity index (χ4n) is 1.11. The molecule has 0 spiro atoms. The molecule has 1 rings (SSSR count). The first-order valence-electron chi connectivity index (χ1n) is 3.47. The van der Waals surface area contributed by atoms with E-state index in [2.05, 4.69) is 10.7 Å². The molecule has 2 nitrogen and oxygen atoms in total. The Bertz CT molecular complexity index is 219. The summed E-state index contributed by atoms with van der Waals surface area (Å²) < 4.78 is 18.0. The maximum atomic E-state index is 13.5. The summed E-state index contributed by atoms with van der Waals surface area (Å²) in [6.45, 7) is 1.65. The highest BCUT2D eigenvalue weighted by atomic mass is 19.1. The highest BCUT2D eigenvalue weighted by Crippen LogP contribution is 2.33. The quantitative estimate of drug-likeness (QED) is 0.419. The van der Waals surface area contributed by atoms with Crippen LogP contribution in [-0.4, -0.2) is 17.7 Å². The van der Waals surface area contributed by atoms with Crippen molar-refractivity contribution in [2.24, 2.45) is 0 Å². The van der Waals surface area contributed by atoms with Gasteiger partial charge in [0.15, 0.2) is 11.8 Å². The number of hydrogen-bond acceptors (Lipinski definition) is 2. The molecule has 0 aliphatic carbocycles. The molecule has 0 N–H and O–H groups in total. The predicted octanol–water partition coefficient (Wildman–Crippen LogP) is 1.05. The average Bonchev–Trinajstić information content (AvgIpc) is 2.27. The van der Waals surface area contributed by atoms with Gasteiger partial charge in [0.1, 0.15) is 0 Å². The molecule has 0 aromatic carbocycles. The Morgan fingerprint density at radius 1 is 2.00 bits per heavy atom. The first kappa shape index (κ1) is 8.06. The third-order valence-electron chi connectivity index (χ3n) is 1.90. The minimum absolute atomic E-state index is 0.210. The van der Waals surface area contributed by atoms with Crippen LogP contribution < -0.4 is 0 Å². The topological polar surface area (TPSA) is 26.3 Å². The first-order valence-corrected chi connectivity index (χ1v) is 3.47. The lowest BCUT2D eigenvalue weighted by Crippen LogP contribution is -2.31. The van der Waals surface area contributed by atoms with E-state index in [0.29, 0.717) is 0 Å². The fraction of sp³-hybridized carbons (Fsp3) is 0.625. The van der Waals surface area contributed by atoms with Crippen LogP contribution in [0.1, 0.15) is 19.8 Å². The van der Waals surface area contributed by atoms with Gasteiger partial charge < -0.3 is 4.74 Å². The van der Waals surface area contributed by atoms with Gasteiger partial charge in [-0.15, -0.1) is 6.42 Å². The molecule has 0 aromatic heterocycles. The van der Waals surface area contributed by atoms with E-state index in [0.717, 1.165) is 0 Å². The number of esters is 1. The van der Waals surface area contributed by atoms with Gasteiger partial charge in [0.25, 0.3) is 0 Å². The summed E-state index contributed by atoms with van der Waals surface area (Å²) in [6.07, 6.45) is 4.00. The van der Waals surface area contributed by atoms with Crippen LogP contribution in [0.5, 0.6) is 0 Å². The smallest absolute Gasteiger partial charge is 0.310 e. The molecule has 1 aliphatic heterocycles. The zero-order chi connectivity index (χ0) is 8.48. The van der Waals surface area contributed by atoms with E-state index in [1.807, 2.05) is 0 Å². The van der Waals surface area contributed by atoms with E-state index in [1.165, 1.54) is 0 Å². The molecule has 0 bridgehead atoms. The minimum Gasteiger partial charge on any atom is -0.446 e. The lowest BCUT2D eigenvalue weighted by molar-refractivity contribution is -0.139. The van der Waals surface area contributed by atoms with Crippen LogP contribution in [0.2, 0.25) is 0 Å². The van der Waals surface area contributed by atoms with Crippen molar-refractivity contribution in [3.8, 4) is 12.3 Å². The Labute approximate surface area is 64.7 Å². The van der Waals surface area contributed by atoms with Crippen LogP contribution in [0.15, 0.2) is 0 Å². The molecule has 1 fully saturated rings. The van der Waals surface area contributed by atoms with Gasteiger partial charge in [-0.2, -0.15) is 0 Å². The van der Waals surface area contributed by atoms with Crippen LogP contribution in [0, 0.1) is 12.3 Å². The number of hydrogen-bond donors (Lipinski definition) is 0. The zero-order valence-corrected chi connectivity index (χ0v) is 6.26. The van der Waals surface area contributed by atoms with Crippen molar-refractivity contribution in [3.63, 3.8) is 0 Å². The van der Waals surface area contributed by atoms with E-state index in [4.69, 9.17) is 6.42 Å². The Morgan fingerprint density at radius 2 is 2.64 bits per heavy atom. The van der Waals surface area contributed by atoms with Crippen molar-refractivity contribution in [2.75, 3.05) is 0 Å². The van der Waals surface area contributed by atoms with E-state index >= 15 is 0 Å². The second-order valence-electron chi connectivity index (χ2n) is 2.60. The third kappa shape index (κ3) is 1.21. The third-order valence-corrected chi connectivity index (χ3v) is 1.90. The van der Waals surface area contributed by atoms with Gasteiger partial charge in [-0.1, -0.05) is 12.8 Å². The molecule has 0 aromatic rings. The highest BCUT2D eigenvalue weighted by molar-refractivity contribution is 5.74. The Kier molecular flexibility index (Phi) is 1.86. The monoisotopic (exact) mass is 156 g/mol. The molecule has 2 atom stereocenters. The summed E-state index contributed by atoms with van der Waals surface area (Å²) in [7, 11) is 0. The van der Waals surface area contributed by atoms with Crippen molar-refractivity contribution in [2.45, 2.75) is 31.5 Å². The summed E-state index contributed by atoms with van der Waals surface area (Å²) in [6, 6.07) is 0. The first-order chi connectivity index (χ1) is 5.12. The number of halogens is 1. The lowest BCUT2D eigenvalue weighted by Gasteiger charge is -2.17. The van der Waals surface area contributed by atoms with Gasteiger partial charge in [-0.3, -0.25) is 4.79 Å². The van der Waals surface area contributed by atoms with Crippen molar-refractivity contribution in [3.05, 3.63) is 0 Å². The van der Waals surface area contributed by atoms with Gasteiger partial charge >= 0.3 is 5.97 Å². The maximum absolute atomic E-state index is 13.5. The SMILES string of the molecule is C#CC1OC(=O)CC1(F)CC. The minimum atomic E-state index is -1.63. The number of terminal acetylenes is 1. The molecule has 2 unspecified atom stereocenters. The molecule has 60 valence electrons. The summed E-state index contributed by atoms with van der Waals surface area (Å²) in [5, 5.41) is 0. The maximum Gasteiger partial charge on any atom is 0.310 e. The van der Waals surface area contributed by atoms with Crippen molar-refractivity contribution in [1.29, 1.82) is 0 Å². The van der Waals surface area contributed by atoms with Crippen molar-refractivity contribution in [1.82, 2.24) is 0 Å². The van der Waals surface area contributed by atoms with Gasteiger partial charge in [0.05, 0.1) is 6.42 Å². The summed E-state index contributed by atoms with van der Waals surface area (Å²) in [5.41, 5.74) is -1.63. The molecule has 1 saturated heterocycles. The molecule has 1 heterocycles. The molecule has 0 amide bonds. The number of rotatable bonds is 1. The number of carbonyl (C=O) groups is 1. The van der Waals surface area contributed by atoms with E-state index in [-0.39, 0.29) is 12.8 Å². The average molecular weight is 156 g/mol. The predicted molar refractivity (Wildman–Crippen MR) is 37.5 cm³/mol. The summed E-state index contributed by atoms with van der Waals surface area (Å²) >= 11 is 0. The molecular weight excluding hydrogens is 147 g/mol. The highest BCUT2D eigenvalue weighted by Gasteiger charge is 2.47. The molecule has 11 heavy (non-hydrogen) atoms. The Hall–Kier alpha value is -1.04. The molecule has 0 radical (unpaired) electrons. The van der Waals surface area contributed by atoms with E-state index < -0.39 is 17.7 Å². The summed E-state index contributed by atoms with van der Waals surface area (Å²) in [5.74, 6) is 1.57. The van der Waals surface area contributed by atoms with Gasteiger partial charge in [-0.05, 0) is 6.42 Å². The second-order valence-corrected chi connectivity index (χ2v) is 2.60. The van der Waals surface area contributed by atoms with Crippen LogP contribution in [-0.2, 0) is 9.53 Å². The number of ether oxygens (including phenoxy) is 1.